The van der Waals surface area contributed by atoms with E-state index < -0.39 is 15.6 Å². The number of carbonyl (C=O) groups excluding carboxylic acids is 1. The van der Waals surface area contributed by atoms with Crippen LogP contribution < -0.4 is 10.9 Å². The van der Waals surface area contributed by atoms with Crippen LogP contribution in [0.3, 0.4) is 0 Å². The van der Waals surface area contributed by atoms with Crippen molar-refractivity contribution in [3.63, 3.8) is 0 Å². The highest BCUT2D eigenvalue weighted by Gasteiger charge is 2.26. The summed E-state index contributed by atoms with van der Waals surface area (Å²) in [6.07, 6.45) is -0.326. The van der Waals surface area contributed by atoms with Gasteiger partial charge in [0.25, 0.3) is 0 Å². The normalized spacial score (nSPS) is 16.4. The molecular formula is C17H27N5O4S. The molecule has 0 atom stereocenters. The number of aliphatic imine (C=N–C) groups is 1. The second kappa shape index (κ2) is 8.13. The number of ether oxygens (including phenoxy) is 1. The molecule has 1 fully saturated rings. The molecule has 1 aromatic rings. The number of piperazine rings is 1. The fourth-order valence-electron chi connectivity index (χ4n) is 2.50. The molecule has 10 heteroatoms. The first kappa shape index (κ1) is 21.0. The van der Waals surface area contributed by atoms with Crippen LogP contribution in [0.5, 0.6) is 0 Å². The van der Waals surface area contributed by atoms with Crippen LogP contribution in [0.15, 0.2) is 34.2 Å². The number of hydrogen-bond acceptors (Lipinski definition) is 5. The molecule has 1 aromatic carbocycles. The SMILES string of the molecule is CC(C)(C)OC(=O)N1CCN(C(N)=NCc2ccc(S(N)(=O)=O)cc2)CC1. The summed E-state index contributed by atoms with van der Waals surface area (Å²) in [4.78, 5) is 20.0. The minimum absolute atomic E-state index is 0.0569. The summed E-state index contributed by atoms with van der Waals surface area (Å²) in [5, 5.41) is 5.07. The lowest BCUT2D eigenvalue weighted by molar-refractivity contribution is 0.0186. The number of sulfonamides is 1. The molecule has 27 heavy (non-hydrogen) atoms. The van der Waals surface area contributed by atoms with E-state index in [4.69, 9.17) is 15.6 Å². The van der Waals surface area contributed by atoms with E-state index in [9.17, 15) is 13.2 Å². The number of rotatable bonds is 3. The van der Waals surface area contributed by atoms with Crippen LogP contribution in [0.25, 0.3) is 0 Å². The number of benzene rings is 1. The third-order valence-corrected chi connectivity index (χ3v) is 4.86. The lowest BCUT2D eigenvalue weighted by atomic mass is 10.2. The molecular weight excluding hydrogens is 370 g/mol. The van der Waals surface area contributed by atoms with Crippen molar-refractivity contribution in [3.05, 3.63) is 29.8 Å². The van der Waals surface area contributed by atoms with Gasteiger partial charge in [-0.1, -0.05) is 12.1 Å². The average molecular weight is 398 g/mol. The summed E-state index contributed by atoms with van der Waals surface area (Å²) < 4.78 is 27.9. The number of carbonyl (C=O) groups is 1. The summed E-state index contributed by atoms with van der Waals surface area (Å²) in [5.74, 6) is 0.384. The van der Waals surface area contributed by atoms with Crippen molar-refractivity contribution in [2.75, 3.05) is 26.2 Å². The van der Waals surface area contributed by atoms with Gasteiger partial charge >= 0.3 is 6.09 Å². The summed E-state index contributed by atoms with van der Waals surface area (Å²) in [6.45, 7) is 7.98. The first-order valence-electron chi connectivity index (χ1n) is 8.60. The van der Waals surface area contributed by atoms with Gasteiger partial charge in [-0.25, -0.2) is 23.3 Å². The predicted octanol–water partition coefficient (Wildman–Crippen LogP) is 0.701. The van der Waals surface area contributed by atoms with Crippen LogP contribution in [0.2, 0.25) is 0 Å². The van der Waals surface area contributed by atoms with E-state index in [-0.39, 0.29) is 11.0 Å². The van der Waals surface area contributed by atoms with Gasteiger partial charge in [0.1, 0.15) is 5.60 Å². The van der Waals surface area contributed by atoms with E-state index in [1.807, 2.05) is 25.7 Å². The molecule has 0 aliphatic carbocycles. The Balaban J connectivity index is 1.88. The minimum atomic E-state index is -3.70. The first-order valence-corrected chi connectivity index (χ1v) is 10.1. The Morgan fingerprint density at radius 2 is 1.63 bits per heavy atom. The molecule has 0 unspecified atom stereocenters. The molecule has 0 aromatic heterocycles. The minimum Gasteiger partial charge on any atom is -0.444 e. The van der Waals surface area contributed by atoms with E-state index in [0.29, 0.717) is 38.7 Å². The van der Waals surface area contributed by atoms with E-state index in [1.165, 1.54) is 12.1 Å². The third kappa shape index (κ3) is 6.40. The van der Waals surface area contributed by atoms with Gasteiger partial charge in [-0.3, -0.25) is 0 Å². The molecule has 150 valence electrons. The molecule has 2 rings (SSSR count). The topological polar surface area (TPSA) is 131 Å². The van der Waals surface area contributed by atoms with Gasteiger partial charge in [0, 0.05) is 26.2 Å². The van der Waals surface area contributed by atoms with Crippen molar-refractivity contribution in [1.82, 2.24) is 9.80 Å². The number of nitrogens with zero attached hydrogens (tertiary/aromatic N) is 3. The number of guanidine groups is 1. The smallest absolute Gasteiger partial charge is 0.410 e. The quantitative estimate of drug-likeness (QED) is 0.570. The van der Waals surface area contributed by atoms with Crippen LogP contribution in [-0.4, -0.2) is 62.1 Å². The zero-order valence-corrected chi connectivity index (χ0v) is 16.7. The Morgan fingerprint density at radius 1 is 1.11 bits per heavy atom. The van der Waals surface area contributed by atoms with Crippen LogP contribution in [0.1, 0.15) is 26.3 Å². The molecule has 1 aliphatic heterocycles. The summed E-state index contributed by atoms with van der Waals surface area (Å²) in [7, 11) is -3.70. The Kier molecular flexibility index (Phi) is 6.32. The molecule has 0 radical (unpaired) electrons. The monoisotopic (exact) mass is 397 g/mol. The summed E-state index contributed by atoms with van der Waals surface area (Å²) >= 11 is 0. The third-order valence-electron chi connectivity index (χ3n) is 3.93. The summed E-state index contributed by atoms with van der Waals surface area (Å²) in [6, 6.07) is 6.18. The van der Waals surface area contributed by atoms with Crippen molar-refractivity contribution in [2.24, 2.45) is 15.9 Å². The van der Waals surface area contributed by atoms with Crippen molar-refractivity contribution >= 4 is 22.1 Å². The highest BCUT2D eigenvalue weighted by atomic mass is 32.2. The molecule has 9 nitrogen and oxygen atoms in total. The van der Waals surface area contributed by atoms with Gasteiger partial charge in [-0.05, 0) is 38.5 Å². The first-order chi connectivity index (χ1) is 12.5. The van der Waals surface area contributed by atoms with E-state index in [1.54, 1.807) is 17.0 Å². The molecule has 4 N–H and O–H groups in total. The lowest BCUT2D eigenvalue weighted by Gasteiger charge is -2.36. The fraction of sp³-hybridized carbons (Fsp3) is 0.529. The van der Waals surface area contributed by atoms with Gasteiger partial charge in [-0.15, -0.1) is 0 Å². The molecule has 1 amide bonds. The number of amides is 1. The lowest BCUT2D eigenvalue weighted by Crippen LogP contribution is -2.53. The highest BCUT2D eigenvalue weighted by molar-refractivity contribution is 7.89. The van der Waals surface area contributed by atoms with E-state index in [0.717, 1.165) is 5.56 Å². The van der Waals surface area contributed by atoms with Crippen LogP contribution >= 0.6 is 0 Å². The van der Waals surface area contributed by atoms with Gasteiger partial charge < -0.3 is 20.3 Å². The van der Waals surface area contributed by atoms with Gasteiger partial charge in [0.2, 0.25) is 10.0 Å². The molecule has 1 heterocycles. The Labute approximate surface area is 160 Å². The van der Waals surface area contributed by atoms with Crippen LogP contribution in [0.4, 0.5) is 4.79 Å². The number of hydrogen-bond donors (Lipinski definition) is 2. The van der Waals surface area contributed by atoms with Gasteiger partial charge in [0.05, 0.1) is 11.4 Å². The Morgan fingerprint density at radius 3 is 2.11 bits per heavy atom. The predicted molar refractivity (Wildman–Crippen MR) is 103 cm³/mol. The zero-order valence-electron chi connectivity index (χ0n) is 15.9. The van der Waals surface area contributed by atoms with Crippen LogP contribution in [0, 0.1) is 0 Å². The molecule has 0 bridgehead atoms. The number of nitrogens with two attached hydrogens (primary N) is 2. The van der Waals surface area contributed by atoms with Crippen molar-refractivity contribution in [1.29, 1.82) is 0 Å². The zero-order chi connectivity index (χ0) is 20.2. The maximum absolute atomic E-state index is 12.1. The average Bonchev–Trinajstić information content (AvgIpc) is 2.58. The van der Waals surface area contributed by atoms with Crippen LogP contribution in [-0.2, 0) is 21.3 Å². The van der Waals surface area contributed by atoms with E-state index in [2.05, 4.69) is 4.99 Å². The second-order valence-electron chi connectivity index (χ2n) is 7.32. The van der Waals surface area contributed by atoms with Crippen molar-refractivity contribution in [2.45, 2.75) is 37.8 Å². The Hall–Kier alpha value is -2.33. The maximum atomic E-state index is 12.1. The summed E-state index contributed by atoms with van der Waals surface area (Å²) in [5.41, 5.74) is 6.34. The Bertz CT molecular complexity index is 792. The van der Waals surface area contributed by atoms with Crippen molar-refractivity contribution < 1.29 is 17.9 Å². The number of primary sulfonamides is 1. The second-order valence-corrected chi connectivity index (χ2v) is 8.88. The molecule has 1 saturated heterocycles. The maximum Gasteiger partial charge on any atom is 0.410 e. The standard InChI is InChI=1S/C17H27N5O4S/c1-17(2,3)26-16(23)22-10-8-21(9-11-22)15(18)20-12-13-4-6-14(7-5-13)27(19,24)25/h4-7H,8-12H2,1-3H3,(H2,18,20)(H2,19,24,25). The molecule has 0 saturated carbocycles. The van der Waals surface area contributed by atoms with E-state index >= 15 is 0 Å². The largest absolute Gasteiger partial charge is 0.444 e. The highest BCUT2D eigenvalue weighted by Crippen LogP contribution is 2.12. The molecule has 1 aliphatic rings. The van der Waals surface area contributed by atoms with Gasteiger partial charge in [-0.2, -0.15) is 0 Å². The van der Waals surface area contributed by atoms with Crippen molar-refractivity contribution in [3.8, 4) is 0 Å². The molecule has 0 spiro atoms. The fourth-order valence-corrected chi connectivity index (χ4v) is 3.02. The van der Waals surface area contributed by atoms with Gasteiger partial charge in [0.15, 0.2) is 5.96 Å².